The van der Waals surface area contributed by atoms with Crippen molar-refractivity contribution < 1.29 is 9.59 Å². The molecule has 0 spiro atoms. The number of likely N-dealkylation sites (tertiary alicyclic amines) is 1. The smallest absolute Gasteiger partial charge is 0.318 e. The van der Waals surface area contributed by atoms with E-state index in [1.807, 2.05) is 17.0 Å². The molecule has 2 aliphatic rings. The lowest BCUT2D eigenvalue weighted by Crippen LogP contribution is -2.55. The Morgan fingerprint density at radius 3 is 2.96 bits per heavy atom. The van der Waals surface area contributed by atoms with Crippen molar-refractivity contribution in [2.75, 3.05) is 24.5 Å². The van der Waals surface area contributed by atoms with Gasteiger partial charge in [-0.15, -0.1) is 0 Å². The van der Waals surface area contributed by atoms with Gasteiger partial charge in [0.15, 0.2) is 0 Å². The zero-order valence-corrected chi connectivity index (χ0v) is 13.6. The number of pyridine rings is 1. The molecule has 6 nitrogen and oxygen atoms in total. The lowest BCUT2D eigenvalue weighted by molar-refractivity contribution is -0.121. The Labute approximate surface area is 136 Å². The second-order valence-electron chi connectivity index (χ2n) is 6.35. The number of urea groups is 1. The fourth-order valence-corrected chi connectivity index (χ4v) is 3.37. The minimum Gasteiger partial charge on any atom is -0.326 e. The topological polar surface area (TPSA) is 65.5 Å². The summed E-state index contributed by atoms with van der Waals surface area (Å²) in [6.45, 7) is 4.42. The number of carbonyl (C=O) groups is 2. The summed E-state index contributed by atoms with van der Waals surface area (Å²) < 4.78 is 0. The Kier molecular flexibility index (Phi) is 4.79. The normalized spacial score (nSPS) is 24.8. The molecular weight excluding hydrogens is 292 g/mol. The van der Waals surface area contributed by atoms with E-state index in [1.165, 1.54) is 0 Å². The number of amides is 3. The first-order valence-corrected chi connectivity index (χ1v) is 8.46. The van der Waals surface area contributed by atoms with Gasteiger partial charge in [0.1, 0.15) is 6.04 Å². The van der Waals surface area contributed by atoms with Crippen LogP contribution in [0.3, 0.4) is 0 Å². The van der Waals surface area contributed by atoms with E-state index in [2.05, 4.69) is 17.2 Å². The van der Waals surface area contributed by atoms with Crippen LogP contribution in [0.1, 0.15) is 32.6 Å². The zero-order valence-electron chi connectivity index (χ0n) is 13.6. The molecule has 0 saturated carbocycles. The third-order valence-corrected chi connectivity index (χ3v) is 4.84. The standard InChI is InChI=1S/C17H24N4O2/c1-2-13-7-10-20(12-13)17(23)19-15-6-4-9-21(16(15)22)14-5-3-8-18-11-14/h3,5,8,11,13,15H,2,4,6-7,9-10,12H2,1H3,(H,19,23)/t13-,15+/m0/s1. The number of carbonyl (C=O) groups excluding carboxylic acids is 2. The van der Waals surface area contributed by atoms with Gasteiger partial charge in [0, 0.05) is 25.8 Å². The highest BCUT2D eigenvalue weighted by molar-refractivity contribution is 5.99. The average molecular weight is 316 g/mol. The van der Waals surface area contributed by atoms with Gasteiger partial charge in [0.05, 0.1) is 11.9 Å². The summed E-state index contributed by atoms with van der Waals surface area (Å²) in [6, 6.07) is 3.16. The molecule has 0 aliphatic carbocycles. The van der Waals surface area contributed by atoms with Gasteiger partial charge in [-0.2, -0.15) is 0 Å². The van der Waals surface area contributed by atoms with Gasteiger partial charge in [0.25, 0.3) is 0 Å². The predicted molar refractivity (Wildman–Crippen MR) is 88.1 cm³/mol. The number of hydrogen-bond donors (Lipinski definition) is 1. The predicted octanol–water partition coefficient (Wildman–Crippen LogP) is 2.02. The zero-order chi connectivity index (χ0) is 16.2. The minimum absolute atomic E-state index is 0.0381. The molecule has 6 heteroatoms. The summed E-state index contributed by atoms with van der Waals surface area (Å²) in [4.78, 5) is 32.7. The Morgan fingerprint density at radius 2 is 2.26 bits per heavy atom. The van der Waals surface area contributed by atoms with Gasteiger partial charge in [0.2, 0.25) is 5.91 Å². The maximum absolute atomic E-state index is 12.7. The van der Waals surface area contributed by atoms with Crippen LogP contribution < -0.4 is 10.2 Å². The van der Waals surface area contributed by atoms with Crippen molar-refractivity contribution in [1.29, 1.82) is 0 Å². The van der Waals surface area contributed by atoms with E-state index in [0.717, 1.165) is 38.0 Å². The summed E-state index contributed by atoms with van der Waals surface area (Å²) in [7, 11) is 0. The molecule has 3 amide bonds. The molecule has 2 aliphatic heterocycles. The SMILES string of the molecule is CC[C@H]1CCN(C(=O)N[C@@H]2CCCN(c3cccnc3)C2=O)C1. The largest absolute Gasteiger partial charge is 0.326 e. The Bertz CT molecular complexity index is 563. The lowest BCUT2D eigenvalue weighted by Gasteiger charge is -2.33. The summed E-state index contributed by atoms with van der Waals surface area (Å²) in [6.07, 6.45) is 7.12. The maximum atomic E-state index is 12.7. The summed E-state index contributed by atoms with van der Waals surface area (Å²) >= 11 is 0. The molecule has 3 rings (SSSR count). The second kappa shape index (κ2) is 6.98. The van der Waals surface area contributed by atoms with E-state index in [4.69, 9.17) is 0 Å². The second-order valence-corrected chi connectivity index (χ2v) is 6.35. The molecule has 23 heavy (non-hydrogen) atoms. The Morgan fingerprint density at radius 1 is 1.39 bits per heavy atom. The van der Waals surface area contributed by atoms with Gasteiger partial charge in [-0.3, -0.25) is 9.78 Å². The van der Waals surface area contributed by atoms with Crippen LogP contribution in [0.25, 0.3) is 0 Å². The van der Waals surface area contributed by atoms with Crippen LogP contribution in [0.4, 0.5) is 10.5 Å². The quantitative estimate of drug-likeness (QED) is 0.928. The molecular formula is C17H24N4O2. The third-order valence-electron chi connectivity index (χ3n) is 4.84. The number of rotatable bonds is 3. The van der Waals surface area contributed by atoms with Crippen LogP contribution in [-0.2, 0) is 4.79 Å². The molecule has 0 bridgehead atoms. The summed E-state index contributed by atoms with van der Waals surface area (Å²) in [5.74, 6) is 0.554. The van der Waals surface area contributed by atoms with Crippen LogP contribution in [0, 0.1) is 5.92 Å². The van der Waals surface area contributed by atoms with E-state index in [1.54, 1.807) is 17.3 Å². The van der Waals surface area contributed by atoms with E-state index >= 15 is 0 Å². The molecule has 1 aromatic heterocycles. The van der Waals surface area contributed by atoms with Crippen molar-refractivity contribution >= 4 is 17.6 Å². The van der Waals surface area contributed by atoms with E-state index in [0.29, 0.717) is 18.9 Å². The van der Waals surface area contributed by atoms with Crippen LogP contribution in [-0.4, -0.2) is 47.5 Å². The number of nitrogens with zero attached hydrogens (tertiary/aromatic N) is 3. The number of piperidine rings is 1. The van der Waals surface area contributed by atoms with Crippen molar-refractivity contribution in [3.05, 3.63) is 24.5 Å². The third kappa shape index (κ3) is 3.46. The number of aromatic nitrogens is 1. The first kappa shape index (κ1) is 15.8. The number of hydrogen-bond acceptors (Lipinski definition) is 3. The fourth-order valence-electron chi connectivity index (χ4n) is 3.37. The summed E-state index contributed by atoms with van der Waals surface area (Å²) in [5, 5.41) is 2.93. The number of nitrogens with one attached hydrogen (secondary N) is 1. The lowest BCUT2D eigenvalue weighted by atomic mass is 10.0. The average Bonchev–Trinajstić information content (AvgIpc) is 3.07. The highest BCUT2D eigenvalue weighted by Gasteiger charge is 2.33. The van der Waals surface area contributed by atoms with Crippen molar-refractivity contribution in [3.8, 4) is 0 Å². The van der Waals surface area contributed by atoms with Crippen molar-refractivity contribution in [3.63, 3.8) is 0 Å². The van der Waals surface area contributed by atoms with Crippen LogP contribution in [0.15, 0.2) is 24.5 Å². The molecule has 2 atom stereocenters. The maximum Gasteiger partial charge on any atom is 0.318 e. The molecule has 0 aromatic carbocycles. The molecule has 2 fully saturated rings. The molecule has 0 unspecified atom stereocenters. The van der Waals surface area contributed by atoms with Gasteiger partial charge in [-0.05, 0) is 37.3 Å². The molecule has 1 aromatic rings. The molecule has 3 heterocycles. The highest BCUT2D eigenvalue weighted by atomic mass is 16.2. The molecule has 1 N–H and O–H groups in total. The van der Waals surface area contributed by atoms with E-state index in [-0.39, 0.29) is 11.9 Å². The van der Waals surface area contributed by atoms with Gasteiger partial charge in [-0.1, -0.05) is 13.3 Å². The van der Waals surface area contributed by atoms with Crippen molar-refractivity contribution in [2.24, 2.45) is 5.92 Å². The Balaban J connectivity index is 1.62. The van der Waals surface area contributed by atoms with Crippen molar-refractivity contribution in [2.45, 2.75) is 38.6 Å². The fraction of sp³-hybridized carbons (Fsp3) is 0.588. The first-order valence-electron chi connectivity index (χ1n) is 8.46. The monoisotopic (exact) mass is 316 g/mol. The van der Waals surface area contributed by atoms with Crippen LogP contribution >= 0.6 is 0 Å². The molecule has 0 radical (unpaired) electrons. The molecule has 2 saturated heterocycles. The minimum atomic E-state index is -0.433. The van der Waals surface area contributed by atoms with Crippen molar-refractivity contribution in [1.82, 2.24) is 15.2 Å². The van der Waals surface area contributed by atoms with Crippen LogP contribution in [0.2, 0.25) is 0 Å². The first-order chi connectivity index (χ1) is 11.2. The van der Waals surface area contributed by atoms with Gasteiger partial charge in [-0.25, -0.2) is 4.79 Å². The summed E-state index contributed by atoms with van der Waals surface area (Å²) in [5.41, 5.74) is 0.795. The van der Waals surface area contributed by atoms with E-state index < -0.39 is 6.04 Å². The van der Waals surface area contributed by atoms with Gasteiger partial charge >= 0.3 is 6.03 Å². The number of anilines is 1. The van der Waals surface area contributed by atoms with Gasteiger partial charge < -0.3 is 15.1 Å². The van der Waals surface area contributed by atoms with E-state index in [9.17, 15) is 9.59 Å². The Hall–Kier alpha value is -2.11. The highest BCUT2D eigenvalue weighted by Crippen LogP contribution is 2.22. The molecule has 124 valence electrons. The van der Waals surface area contributed by atoms with Crippen LogP contribution in [0.5, 0.6) is 0 Å².